The minimum atomic E-state index is -3.80. The van der Waals surface area contributed by atoms with E-state index in [9.17, 15) is 22.7 Å². The van der Waals surface area contributed by atoms with E-state index in [2.05, 4.69) is 15.4 Å². The van der Waals surface area contributed by atoms with Crippen molar-refractivity contribution in [2.24, 2.45) is 0 Å². The molecule has 4 N–H and O–H groups in total. The zero-order chi connectivity index (χ0) is 20.6. The zero-order valence-corrected chi connectivity index (χ0v) is 16.7. The van der Waals surface area contributed by atoms with E-state index in [-0.39, 0.29) is 36.2 Å². The van der Waals surface area contributed by atoms with Gasteiger partial charge in [0.05, 0.1) is 23.6 Å². The lowest BCUT2D eigenvalue weighted by molar-refractivity contribution is -0.0886. The predicted octanol–water partition coefficient (Wildman–Crippen LogP) is 1.11. The molecule has 1 aliphatic rings. The lowest BCUT2D eigenvalue weighted by atomic mass is 9.97. The molecule has 1 aliphatic heterocycles. The van der Waals surface area contributed by atoms with E-state index >= 15 is 0 Å². The zero-order valence-electron chi connectivity index (χ0n) is 15.9. The molecule has 1 fully saturated rings. The fraction of sp³-hybridized carbons (Fsp3) is 0.611. The molecule has 1 aromatic rings. The molecule has 3 atom stereocenters. The maximum Gasteiger partial charge on any atom is 0.315 e. The Kier molecular flexibility index (Phi) is 8.61. The van der Waals surface area contributed by atoms with Crippen molar-refractivity contribution in [2.75, 3.05) is 19.7 Å². The molecule has 0 bridgehead atoms. The summed E-state index contributed by atoms with van der Waals surface area (Å²) in [5.74, 6) is -0.620. The van der Waals surface area contributed by atoms with Gasteiger partial charge in [0.2, 0.25) is 10.0 Å². The summed E-state index contributed by atoms with van der Waals surface area (Å²) in [7, 11) is -3.80. The highest BCUT2D eigenvalue weighted by molar-refractivity contribution is 7.89. The number of amides is 2. The van der Waals surface area contributed by atoms with Crippen LogP contribution in [-0.2, 0) is 14.8 Å². The number of carbonyl (C=O) groups excluding carboxylic acids is 1. The Labute approximate surface area is 164 Å². The summed E-state index contributed by atoms with van der Waals surface area (Å²) in [5, 5.41) is 15.1. The van der Waals surface area contributed by atoms with Crippen LogP contribution in [0.5, 0.6) is 0 Å². The molecular weight excluding hydrogens is 389 g/mol. The Balaban J connectivity index is 1.81. The van der Waals surface area contributed by atoms with Gasteiger partial charge in [-0.1, -0.05) is 13.0 Å². The highest BCUT2D eigenvalue weighted by atomic mass is 32.2. The lowest BCUT2D eigenvalue weighted by Gasteiger charge is -2.36. The van der Waals surface area contributed by atoms with Gasteiger partial charge >= 0.3 is 6.03 Å². The number of hydrogen-bond donors (Lipinski definition) is 4. The molecule has 1 aromatic carbocycles. The molecule has 2 amide bonds. The van der Waals surface area contributed by atoms with Gasteiger partial charge in [-0.15, -0.1) is 0 Å². The summed E-state index contributed by atoms with van der Waals surface area (Å²) in [6, 6.07) is 4.20. The van der Waals surface area contributed by atoms with Crippen LogP contribution in [0.3, 0.4) is 0 Å². The number of nitrogens with one attached hydrogen (secondary N) is 3. The highest BCUT2D eigenvalue weighted by Crippen LogP contribution is 2.22. The Morgan fingerprint density at radius 2 is 2.11 bits per heavy atom. The first kappa shape index (κ1) is 22.5. The van der Waals surface area contributed by atoms with Crippen LogP contribution in [0.25, 0.3) is 0 Å². The predicted molar refractivity (Wildman–Crippen MR) is 102 cm³/mol. The second-order valence-corrected chi connectivity index (χ2v) is 8.47. The van der Waals surface area contributed by atoms with Crippen LogP contribution in [0.2, 0.25) is 0 Å². The Hall–Kier alpha value is -1.75. The van der Waals surface area contributed by atoms with Crippen molar-refractivity contribution in [1.82, 2.24) is 15.4 Å². The number of hydrogen-bond acceptors (Lipinski definition) is 5. The van der Waals surface area contributed by atoms with Crippen LogP contribution < -0.4 is 15.4 Å². The molecule has 1 heterocycles. The minimum Gasteiger partial charge on any atom is -0.394 e. The van der Waals surface area contributed by atoms with Crippen LogP contribution in [0.15, 0.2) is 29.2 Å². The van der Waals surface area contributed by atoms with Gasteiger partial charge in [-0.3, -0.25) is 0 Å². The molecule has 0 spiro atoms. The fourth-order valence-corrected chi connectivity index (χ4v) is 4.12. The van der Waals surface area contributed by atoms with Crippen molar-refractivity contribution in [1.29, 1.82) is 0 Å². The fourth-order valence-electron chi connectivity index (χ4n) is 3.04. The Bertz CT molecular complexity index is 746. The molecule has 0 radical (unpaired) electrons. The molecule has 0 saturated carbocycles. The molecular formula is C18H28FN3O5S. The molecule has 0 unspecified atom stereocenters. The number of carbonyl (C=O) groups is 1. The first-order chi connectivity index (χ1) is 13.4. The average Bonchev–Trinajstić information content (AvgIpc) is 2.67. The second kappa shape index (κ2) is 10.7. The number of aliphatic hydroxyl groups excluding tert-OH is 1. The van der Waals surface area contributed by atoms with E-state index in [1.54, 1.807) is 0 Å². The number of benzene rings is 1. The van der Waals surface area contributed by atoms with Gasteiger partial charge in [-0.05, 0) is 43.9 Å². The number of sulfonamides is 1. The van der Waals surface area contributed by atoms with E-state index in [0.717, 1.165) is 12.5 Å². The van der Waals surface area contributed by atoms with E-state index < -0.39 is 21.9 Å². The van der Waals surface area contributed by atoms with Crippen LogP contribution >= 0.6 is 0 Å². The van der Waals surface area contributed by atoms with Gasteiger partial charge in [0.25, 0.3) is 0 Å². The lowest BCUT2D eigenvalue weighted by Crippen LogP contribution is -2.53. The smallest absolute Gasteiger partial charge is 0.315 e. The topological polar surface area (TPSA) is 117 Å². The van der Waals surface area contributed by atoms with Crippen molar-refractivity contribution in [2.45, 2.75) is 55.8 Å². The SMILES string of the molecule is CCCNC(=O)N[C@H]1CC[C@H](CCNS(=O)(=O)c2cccc(F)c2)O[C@@H]1CO. The van der Waals surface area contributed by atoms with E-state index in [0.29, 0.717) is 25.8 Å². The van der Waals surface area contributed by atoms with Crippen LogP contribution in [0.1, 0.15) is 32.6 Å². The highest BCUT2D eigenvalue weighted by Gasteiger charge is 2.31. The molecule has 0 aliphatic carbocycles. The summed E-state index contributed by atoms with van der Waals surface area (Å²) < 4.78 is 45.8. The number of aliphatic hydroxyl groups is 1. The number of urea groups is 1. The Morgan fingerprint density at radius 3 is 2.79 bits per heavy atom. The molecule has 28 heavy (non-hydrogen) atoms. The second-order valence-electron chi connectivity index (χ2n) is 6.71. The minimum absolute atomic E-state index is 0.122. The summed E-state index contributed by atoms with van der Waals surface area (Å²) in [6.07, 6.45) is 1.67. The van der Waals surface area contributed by atoms with Gasteiger partial charge in [0.1, 0.15) is 11.9 Å². The van der Waals surface area contributed by atoms with Crippen LogP contribution in [0, 0.1) is 5.82 Å². The quantitative estimate of drug-likeness (QED) is 0.480. The largest absolute Gasteiger partial charge is 0.394 e. The van der Waals surface area contributed by atoms with Gasteiger partial charge in [-0.25, -0.2) is 22.3 Å². The Morgan fingerprint density at radius 1 is 1.32 bits per heavy atom. The molecule has 158 valence electrons. The molecule has 8 nitrogen and oxygen atoms in total. The van der Waals surface area contributed by atoms with Gasteiger partial charge in [-0.2, -0.15) is 0 Å². The molecule has 2 rings (SSSR count). The van der Waals surface area contributed by atoms with Gasteiger partial charge in [0, 0.05) is 13.1 Å². The van der Waals surface area contributed by atoms with E-state index in [1.807, 2.05) is 6.92 Å². The molecule has 0 aromatic heterocycles. The van der Waals surface area contributed by atoms with Crippen molar-refractivity contribution < 1.29 is 27.4 Å². The monoisotopic (exact) mass is 417 g/mol. The molecule has 10 heteroatoms. The molecule has 1 saturated heterocycles. The standard InChI is InChI=1S/C18H28FN3O5S/c1-2-9-20-18(24)22-16-7-6-14(27-17(16)12-23)8-10-21-28(25,26)15-5-3-4-13(19)11-15/h3-5,11,14,16-17,21,23H,2,6-10,12H2,1H3,(H2,20,22,24)/t14-,16+,17-/m1/s1. The van der Waals surface area contributed by atoms with Crippen LogP contribution in [-0.4, -0.2) is 57.5 Å². The third-order valence-corrected chi connectivity index (χ3v) is 5.97. The maximum atomic E-state index is 13.2. The number of rotatable bonds is 9. The summed E-state index contributed by atoms with van der Waals surface area (Å²) >= 11 is 0. The number of ether oxygens (including phenoxy) is 1. The summed E-state index contributed by atoms with van der Waals surface area (Å²) in [5.41, 5.74) is 0. The van der Waals surface area contributed by atoms with Gasteiger partial charge < -0.3 is 20.5 Å². The van der Waals surface area contributed by atoms with Crippen molar-refractivity contribution in [3.8, 4) is 0 Å². The van der Waals surface area contributed by atoms with Crippen molar-refractivity contribution >= 4 is 16.1 Å². The van der Waals surface area contributed by atoms with E-state index in [1.165, 1.54) is 18.2 Å². The van der Waals surface area contributed by atoms with Crippen LogP contribution in [0.4, 0.5) is 9.18 Å². The first-order valence-electron chi connectivity index (χ1n) is 9.41. The van der Waals surface area contributed by atoms with E-state index in [4.69, 9.17) is 4.74 Å². The maximum absolute atomic E-state index is 13.2. The normalized spacial score (nSPS) is 22.6. The van der Waals surface area contributed by atoms with Crippen molar-refractivity contribution in [3.63, 3.8) is 0 Å². The van der Waals surface area contributed by atoms with Crippen molar-refractivity contribution in [3.05, 3.63) is 30.1 Å². The third-order valence-electron chi connectivity index (χ3n) is 4.51. The van der Waals surface area contributed by atoms with Gasteiger partial charge in [0.15, 0.2) is 0 Å². The summed E-state index contributed by atoms with van der Waals surface area (Å²) in [4.78, 5) is 11.7. The average molecular weight is 418 g/mol. The number of halogens is 1. The first-order valence-corrected chi connectivity index (χ1v) is 10.9. The third kappa shape index (κ3) is 6.69. The summed E-state index contributed by atoms with van der Waals surface area (Å²) in [6.45, 7) is 2.39.